The van der Waals surface area contributed by atoms with Gasteiger partial charge in [-0.2, -0.15) is 0 Å². The minimum Gasteiger partial charge on any atom is -0.296 e. The summed E-state index contributed by atoms with van der Waals surface area (Å²) >= 11 is 1.67. The molecule has 0 spiro atoms. The summed E-state index contributed by atoms with van der Waals surface area (Å²) in [5.41, 5.74) is 8.19. The quantitative estimate of drug-likeness (QED) is 0.409. The van der Waals surface area contributed by atoms with Gasteiger partial charge in [-0.05, 0) is 38.3 Å². The Morgan fingerprint density at radius 1 is 1.04 bits per heavy atom. The van der Waals surface area contributed by atoms with Crippen LogP contribution in [-0.2, 0) is 6.42 Å². The van der Waals surface area contributed by atoms with Crippen LogP contribution in [0.5, 0.6) is 0 Å². The molecule has 136 valence electrons. The van der Waals surface area contributed by atoms with Crippen molar-refractivity contribution in [2.24, 2.45) is 0 Å². The first kappa shape index (κ1) is 17.7. The van der Waals surface area contributed by atoms with Crippen molar-refractivity contribution in [3.63, 3.8) is 0 Å². The zero-order valence-corrected chi connectivity index (χ0v) is 16.9. The van der Waals surface area contributed by atoms with Gasteiger partial charge in [0.1, 0.15) is 11.4 Å². The Labute approximate surface area is 163 Å². The van der Waals surface area contributed by atoms with Crippen molar-refractivity contribution in [2.45, 2.75) is 34.1 Å². The smallest absolute Gasteiger partial charge is 0.195 e. The number of carbonyl (C=O) groups excluding carboxylic acids is 1. The van der Waals surface area contributed by atoms with Crippen LogP contribution in [0.1, 0.15) is 39.0 Å². The van der Waals surface area contributed by atoms with Gasteiger partial charge in [-0.3, -0.25) is 9.20 Å². The van der Waals surface area contributed by atoms with Gasteiger partial charge in [0.25, 0.3) is 0 Å². The Bertz CT molecular complexity index is 1150. The van der Waals surface area contributed by atoms with E-state index < -0.39 is 0 Å². The Morgan fingerprint density at radius 3 is 2.37 bits per heavy atom. The third kappa shape index (κ3) is 2.90. The molecule has 4 rings (SSSR count). The number of fused-ring (bicyclic) bond motifs is 1. The molecule has 0 saturated carbocycles. The Morgan fingerprint density at radius 2 is 1.74 bits per heavy atom. The van der Waals surface area contributed by atoms with E-state index in [0.29, 0.717) is 5.69 Å². The minimum atomic E-state index is 0.628. The van der Waals surface area contributed by atoms with Crippen LogP contribution in [0.4, 0.5) is 0 Å². The van der Waals surface area contributed by atoms with Crippen LogP contribution in [-0.4, -0.2) is 15.7 Å². The molecule has 2 heterocycles. The average molecular weight is 375 g/mol. The predicted molar refractivity (Wildman–Crippen MR) is 113 cm³/mol. The number of hydrogen-bond donors (Lipinski definition) is 0. The van der Waals surface area contributed by atoms with Crippen LogP contribution in [0.2, 0.25) is 0 Å². The Hall–Kier alpha value is -2.72. The van der Waals surface area contributed by atoms with Gasteiger partial charge in [0, 0.05) is 10.4 Å². The molecule has 0 radical (unpaired) electrons. The zero-order chi connectivity index (χ0) is 19.1. The van der Waals surface area contributed by atoms with Crippen LogP contribution in [0.3, 0.4) is 0 Å². The van der Waals surface area contributed by atoms with E-state index in [4.69, 9.17) is 4.98 Å². The van der Waals surface area contributed by atoms with Crippen LogP contribution in [0.15, 0.2) is 42.5 Å². The van der Waals surface area contributed by atoms with Crippen molar-refractivity contribution >= 4 is 22.6 Å². The fourth-order valence-corrected chi connectivity index (χ4v) is 4.70. The van der Waals surface area contributed by atoms with Gasteiger partial charge in [-0.15, -0.1) is 11.3 Å². The molecule has 0 bridgehead atoms. The Kier molecular flexibility index (Phi) is 4.44. The highest BCUT2D eigenvalue weighted by Gasteiger charge is 2.22. The van der Waals surface area contributed by atoms with Gasteiger partial charge in [-0.1, -0.05) is 60.5 Å². The topological polar surface area (TPSA) is 34.4 Å². The molecule has 0 atom stereocenters. The molecule has 2 aromatic carbocycles. The number of benzene rings is 2. The fraction of sp³-hybridized carbons (Fsp3) is 0.217. The summed E-state index contributed by atoms with van der Waals surface area (Å²) in [6.07, 6.45) is 1.85. The van der Waals surface area contributed by atoms with E-state index in [1.807, 2.05) is 4.40 Å². The molecule has 0 aliphatic heterocycles. The molecule has 3 nitrogen and oxygen atoms in total. The molecule has 0 saturated heterocycles. The van der Waals surface area contributed by atoms with Crippen LogP contribution in [0.25, 0.3) is 27.5 Å². The lowest BCUT2D eigenvalue weighted by atomic mass is 10.0. The summed E-state index contributed by atoms with van der Waals surface area (Å²) in [4.78, 5) is 19.1. The number of rotatable bonds is 4. The first-order valence-electron chi connectivity index (χ1n) is 9.17. The van der Waals surface area contributed by atoms with Crippen molar-refractivity contribution in [3.8, 4) is 22.5 Å². The van der Waals surface area contributed by atoms with Gasteiger partial charge in [0.15, 0.2) is 11.2 Å². The number of aryl methyl sites for hydroxylation is 4. The molecular formula is C23H22N2OS. The number of nitrogens with zero attached hydrogens (tertiary/aromatic N) is 2. The molecule has 0 amide bonds. The molecule has 0 N–H and O–H groups in total. The SMILES string of the molecule is CCc1sc2nc(-c3ccc(C)cc3C)c(C=O)n2c1-c1ccc(C)cc1. The Balaban J connectivity index is 2.03. The van der Waals surface area contributed by atoms with Crippen molar-refractivity contribution in [1.29, 1.82) is 0 Å². The number of carbonyl (C=O) groups is 1. The maximum atomic E-state index is 12.1. The van der Waals surface area contributed by atoms with Gasteiger partial charge < -0.3 is 0 Å². The maximum absolute atomic E-state index is 12.1. The first-order valence-corrected chi connectivity index (χ1v) is 9.99. The van der Waals surface area contributed by atoms with Gasteiger partial charge in [0.05, 0.1) is 5.69 Å². The normalized spacial score (nSPS) is 11.3. The van der Waals surface area contributed by atoms with Crippen molar-refractivity contribution < 1.29 is 4.79 Å². The van der Waals surface area contributed by atoms with E-state index in [0.717, 1.165) is 45.7 Å². The second kappa shape index (κ2) is 6.78. The standard InChI is InChI=1S/C23H22N2OS/c1-5-20-22(17-9-6-14(2)7-10-17)25-19(13-26)21(24-23(25)27-20)18-11-8-15(3)12-16(18)4/h6-13H,5H2,1-4H3. The number of hydrogen-bond acceptors (Lipinski definition) is 3. The minimum absolute atomic E-state index is 0.628. The number of aldehydes is 1. The molecule has 2 aromatic heterocycles. The van der Waals surface area contributed by atoms with Crippen LogP contribution >= 0.6 is 11.3 Å². The highest BCUT2D eigenvalue weighted by Crippen LogP contribution is 2.37. The van der Waals surface area contributed by atoms with Crippen molar-refractivity contribution in [3.05, 3.63) is 69.7 Å². The monoisotopic (exact) mass is 374 g/mol. The van der Waals surface area contributed by atoms with Crippen molar-refractivity contribution in [1.82, 2.24) is 9.38 Å². The number of aromatic nitrogens is 2. The van der Waals surface area contributed by atoms with E-state index in [9.17, 15) is 4.79 Å². The molecule has 0 aliphatic rings. The summed E-state index contributed by atoms with van der Waals surface area (Å²) in [7, 11) is 0. The third-order valence-electron chi connectivity index (χ3n) is 4.98. The fourth-order valence-electron chi connectivity index (χ4n) is 3.61. The summed E-state index contributed by atoms with van der Waals surface area (Å²) in [5, 5.41) is 0. The number of thiazole rings is 1. The predicted octanol–water partition coefficient (Wildman–Crippen LogP) is 6.03. The molecule has 27 heavy (non-hydrogen) atoms. The molecule has 0 fully saturated rings. The molecule has 4 aromatic rings. The van der Waals surface area contributed by atoms with Gasteiger partial charge >= 0.3 is 0 Å². The lowest BCUT2D eigenvalue weighted by molar-refractivity contribution is 0.111. The van der Waals surface area contributed by atoms with E-state index in [2.05, 4.69) is 70.2 Å². The highest BCUT2D eigenvalue weighted by atomic mass is 32.1. The zero-order valence-electron chi connectivity index (χ0n) is 16.0. The number of imidazole rings is 1. The van der Waals surface area contributed by atoms with Gasteiger partial charge in [-0.25, -0.2) is 4.98 Å². The second-order valence-electron chi connectivity index (χ2n) is 6.99. The highest BCUT2D eigenvalue weighted by molar-refractivity contribution is 7.17. The molecule has 0 aliphatic carbocycles. The molecule has 0 unspecified atom stereocenters. The maximum Gasteiger partial charge on any atom is 0.195 e. The van der Waals surface area contributed by atoms with Crippen LogP contribution < -0.4 is 0 Å². The lowest BCUT2D eigenvalue weighted by Gasteiger charge is -2.08. The summed E-state index contributed by atoms with van der Waals surface area (Å²) in [6.45, 7) is 8.38. The van der Waals surface area contributed by atoms with E-state index >= 15 is 0 Å². The summed E-state index contributed by atoms with van der Waals surface area (Å²) in [5.74, 6) is 0. The van der Waals surface area contributed by atoms with E-state index in [-0.39, 0.29) is 0 Å². The first-order chi connectivity index (χ1) is 13.0. The summed E-state index contributed by atoms with van der Waals surface area (Å²) in [6, 6.07) is 14.7. The molecular weight excluding hydrogens is 352 g/mol. The van der Waals surface area contributed by atoms with E-state index in [1.54, 1.807) is 11.3 Å². The van der Waals surface area contributed by atoms with Crippen molar-refractivity contribution in [2.75, 3.05) is 0 Å². The largest absolute Gasteiger partial charge is 0.296 e. The van der Waals surface area contributed by atoms with E-state index in [1.165, 1.54) is 16.0 Å². The third-order valence-corrected chi connectivity index (χ3v) is 6.16. The molecule has 4 heteroatoms. The van der Waals surface area contributed by atoms with Gasteiger partial charge in [0.2, 0.25) is 0 Å². The summed E-state index contributed by atoms with van der Waals surface area (Å²) < 4.78 is 2.04. The van der Waals surface area contributed by atoms with Crippen LogP contribution in [0, 0.1) is 20.8 Å². The second-order valence-corrected chi connectivity index (χ2v) is 8.06. The average Bonchev–Trinajstić information content (AvgIpc) is 3.17. The lowest BCUT2D eigenvalue weighted by Crippen LogP contribution is -1.97.